The van der Waals surface area contributed by atoms with E-state index in [9.17, 15) is 9.59 Å². The molecule has 2 aromatic heterocycles. The van der Waals surface area contributed by atoms with Crippen LogP contribution in [0.2, 0.25) is 0 Å². The molecule has 120 valence electrons. The Bertz CT molecular complexity index is 972. The smallest absolute Gasteiger partial charge is 0.329 e. The van der Waals surface area contributed by atoms with Gasteiger partial charge in [-0.15, -0.1) is 0 Å². The molecule has 0 bridgehead atoms. The van der Waals surface area contributed by atoms with Crippen LogP contribution in [0, 0.1) is 5.82 Å². The summed E-state index contributed by atoms with van der Waals surface area (Å²) in [6, 6.07) is -0.120. The third kappa shape index (κ3) is 2.00. The van der Waals surface area contributed by atoms with Gasteiger partial charge in [-0.25, -0.2) is 14.2 Å². The number of aromatic nitrogens is 3. The minimum Gasteiger partial charge on any atom is -0.401 e. The maximum atomic E-state index is 15.1. The molecule has 2 aromatic rings. The Labute approximate surface area is 129 Å². The number of nitrogen functional groups attached to an aromatic ring is 1. The molecule has 1 aliphatic carbocycles. The molecule has 0 atom stereocenters. The Hall–Kier alpha value is -2.84. The van der Waals surface area contributed by atoms with E-state index in [4.69, 9.17) is 11.5 Å². The van der Waals surface area contributed by atoms with E-state index in [0.717, 1.165) is 12.8 Å². The second-order valence-electron chi connectivity index (χ2n) is 5.87. The number of nitrogens with zero attached hydrogens (tertiary/aromatic N) is 3. The molecule has 0 spiro atoms. The molecule has 1 aliphatic heterocycles. The van der Waals surface area contributed by atoms with Gasteiger partial charge in [-0.1, -0.05) is 0 Å². The number of H-pyrrole nitrogens is 1. The molecule has 0 aromatic carbocycles. The number of pyridine rings is 1. The predicted octanol–water partition coefficient (Wildman–Crippen LogP) is 0.151. The molecule has 0 saturated heterocycles. The number of nitrogens with one attached hydrogen (secondary N) is 1. The van der Waals surface area contributed by atoms with Crippen molar-refractivity contribution in [1.82, 2.24) is 14.5 Å². The first kappa shape index (κ1) is 13.8. The van der Waals surface area contributed by atoms with Gasteiger partial charge in [0.2, 0.25) is 0 Å². The highest BCUT2D eigenvalue weighted by Crippen LogP contribution is 2.37. The van der Waals surface area contributed by atoms with Crippen LogP contribution < -0.4 is 27.6 Å². The molecule has 0 unspecified atom stereocenters. The lowest BCUT2D eigenvalue weighted by Gasteiger charge is -2.18. The Morgan fingerprint density at radius 1 is 1.30 bits per heavy atom. The molecule has 8 nitrogen and oxygen atoms in total. The van der Waals surface area contributed by atoms with Crippen LogP contribution in [-0.4, -0.2) is 21.1 Å². The summed E-state index contributed by atoms with van der Waals surface area (Å²) in [7, 11) is 0. The number of halogens is 1. The van der Waals surface area contributed by atoms with Crippen LogP contribution in [0.25, 0.3) is 10.9 Å². The van der Waals surface area contributed by atoms with Crippen LogP contribution in [-0.2, 0) is 0 Å². The third-order valence-electron chi connectivity index (χ3n) is 4.18. The maximum absolute atomic E-state index is 15.1. The maximum Gasteiger partial charge on any atom is 0.329 e. The van der Waals surface area contributed by atoms with E-state index in [-0.39, 0.29) is 28.6 Å². The molecule has 23 heavy (non-hydrogen) atoms. The molecule has 0 radical (unpaired) electrons. The quantitative estimate of drug-likeness (QED) is 0.724. The van der Waals surface area contributed by atoms with Gasteiger partial charge < -0.3 is 16.4 Å². The number of hydrogen-bond acceptors (Lipinski definition) is 6. The van der Waals surface area contributed by atoms with Gasteiger partial charge in [0.15, 0.2) is 11.6 Å². The molecule has 4 rings (SSSR count). The summed E-state index contributed by atoms with van der Waals surface area (Å²) in [5.74, 6) is -0.851. The second kappa shape index (κ2) is 4.58. The summed E-state index contributed by atoms with van der Waals surface area (Å²) >= 11 is 0. The first-order chi connectivity index (χ1) is 11.0. The summed E-state index contributed by atoms with van der Waals surface area (Å²) in [6.45, 7) is 0.470. The van der Waals surface area contributed by atoms with Gasteiger partial charge in [0.05, 0.1) is 0 Å². The summed E-state index contributed by atoms with van der Waals surface area (Å²) in [5.41, 5.74) is 10.8. The van der Waals surface area contributed by atoms with Crippen molar-refractivity contribution in [1.29, 1.82) is 0 Å². The fraction of sp³-hybridized carbons (Fsp3) is 0.357. The van der Waals surface area contributed by atoms with Crippen molar-refractivity contribution in [3.8, 4) is 0 Å². The van der Waals surface area contributed by atoms with Gasteiger partial charge in [0.25, 0.3) is 5.56 Å². The van der Waals surface area contributed by atoms with E-state index in [1.54, 1.807) is 11.1 Å². The molecule has 5 N–H and O–H groups in total. The van der Waals surface area contributed by atoms with E-state index in [1.165, 1.54) is 4.57 Å². The van der Waals surface area contributed by atoms with Crippen LogP contribution in [0.3, 0.4) is 0 Å². The van der Waals surface area contributed by atoms with Crippen LogP contribution in [0.1, 0.15) is 25.3 Å². The van der Waals surface area contributed by atoms with E-state index < -0.39 is 17.1 Å². The van der Waals surface area contributed by atoms with Gasteiger partial charge in [-0.2, -0.15) is 0 Å². The number of anilines is 2. The lowest BCUT2D eigenvalue weighted by molar-refractivity contribution is 0.606. The van der Waals surface area contributed by atoms with Crippen molar-refractivity contribution in [2.75, 3.05) is 17.2 Å². The van der Waals surface area contributed by atoms with Crippen molar-refractivity contribution in [2.45, 2.75) is 25.3 Å². The minimum atomic E-state index is -0.728. The van der Waals surface area contributed by atoms with Gasteiger partial charge in [-0.05, 0) is 12.8 Å². The van der Waals surface area contributed by atoms with Gasteiger partial charge in [-0.3, -0.25) is 14.3 Å². The van der Waals surface area contributed by atoms with Crippen molar-refractivity contribution in [3.05, 3.63) is 38.6 Å². The number of hydrogen-bond donors (Lipinski definition) is 3. The minimum absolute atomic E-state index is 0.0187. The fourth-order valence-electron chi connectivity index (χ4n) is 2.94. The highest BCUT2D eigenvalue weighted by Gasteiger charge is 2.31. The summed E-state index contributed by atoms with van der Waals surface area (Å²) < 4.78 is 16.4. The summed E-state index contributed by atoms with van der Waals surface area (Å²) in [6.07, 6.45) is 3.69. The molecule has 9 heteroatoms. The fourth-order valence-corrected chi connectivity index (χ4v) is 2.94. The average molecular weight is 318 g/mol. The molecule has 0 amide bonds. The van der Waals surface area contributed by atoms with Crippen LogP contribution in [0.4, 0.5) is 16.0 Å². The standard InChI is InChI=1S/C14H15FN6O2/c15-9-10-8(13(22)19-14(23)21(10)7-1-2-7)11(17)18-12(9)20-4-3-6(16)5-20/h5,7H,1-4,16H2,(H2,17,18)(H,19,22,23). The topological polar surface area (TPSA) is 123 Å². The van der Waals surface area contributed by atoms with E-state index in [0.29, 0.717) is 18.7 Å². The van der Waals surface area contributed by atoms with Crippen molar-refractivity contribution in [2.24, 2.45) is 5.73 Å². The zero-order valence-electron chi connectivity index (χ0n) is 12.2. The van der Waals surface area contributed by atoms with Crippen molar-refractivity contribution in [3.63, 3.8) is 0 Å². The Morgan fingerprint density at radius 3 is 2.65 bits per heavy atom. The lowest BCUT2D eigenvalue weighted by Crippen LogP contribution is -2.32. The SMILES string of the molecule is NC1=CN(c2nc(N)c3c(=O)[nH]c(=O)n(C4CC4)c3c2F)CC1. The van der Waals surface area contributed by atoms with Gasteiger partial charge >= 0.3 is 5.69 Å². The van der Waals surface area contributed by atoms with Gasteiger partial charge in [0, 0.05) is 30.9 Å². The van der Waals surface area contributed by atoms with E-state index >= 15 is 4.39 Å². The Balaban J connectivity index is 2.09. The first-order valence-corrected chi connectivity index (χ1v) is 7.33. The average Bonchev–Trinajstić information content (AvgIpc) is 3.23. The monoisotopic (exact) mass is 318 g/mol. The lowest BCUT2D eigenvalue weighted by atomic mass is 10.2. The van der Waals surface area contributed by atoms with Crippen LogP contribution in [0.15, 0.2) is 21.5 Å². The third-order valence-corrected chi connectivity index (χ3v) is 4.18. The number of fused-ring (bicyclic) bond motifs is 1. The highest BCUT2D eigenvalue weighted by molar-refractivity contribution is 5.90. The predicted molar refractivity (Wildman–Crippen MR) is 83.5 cm³/mol. The van der Waals surface area contributed by atoms with E-state index in [1.807, 2.05) is 0 Å². The normalized spacial score (nSPS) is 17.8. The zero-order valence-corrected chi connectivity index (χ0v) is 12.2. The zero-order chi connectivity index (χ0) is 16.3. The largest absolute Gasteiger partial charge is 0.401 e. The molecule has 1 fully saturated rings. The second-order valence-corrected chi connectivity index (χ2v) is 5.87. The van der Waals surface area contributed by atoms with Crippen molar-refractivity contribution >= 4 is 22.5 Å². The van der Waals surface area contributed by atoms with Gasteiger partial charge in [0.1, 0.15) is 16.7 Å². The van der Waals surface area contributed by atoms with E-state index in [2.05, 4.69) is 9.97 Å². The Morgan fingerprint density at radius 2 is 2.04 bits per heavy atom. The molecular weight excluding hydrogens is 303 g/mol. The number of rotatable bonds is 2. The first-order valence-electron chi connectivity index (χ1n) is 7.33. The van der Waals surface area contributed by atoms with Crippen LogP contribution in [0.5, 0.6) is 0 Å². The Kier molecular flexibility index (Phi) is 2.75. The molecule has 3 heterocycles. The van der Waals surface area contributed by atoms with Crippen LogP contribution >= 0.6 is 0 Å². The number of aromatic amines is 1. The summed E-state index contributed by atoms with van der Waals surface area (Å²) in [4.78, 5) is 31.9. The number of nitrogens with two attached hydrogens (primary N) is 2. The molecule has 1 saturated carbocycles. The molecule has 2 aliphatic rings. The summed E-state index contributed by atoms with van der Waals surface area (Å²) in [5, 5.41) is -0.0890. The molecular formula is C14H15FN6O2. The van der Waals surface area contributed by atoms with Crippen molar-refractivity contribution < 1.29 is 4.39 Å². The highest BCUT2D eigenvalue weighted by atomic mass is 19.1.